The summed E-state index contributed by atoms with van der Waals surface area (Å²) in [6.07, 6.45) is 0. The molecule has 1 aromatic rings. The molecule has 3 heterocycles. The molecule has 144 valence electrons. The maximum absolute atomic E-state index is 12.5. The van der Waals surface area contributed by atoms with E-state index < -0.39 is 29.2 Å². The van der Waals surface area contributed by atoms with Crippen molar-refractivity contribution >= 4 is 51.7 Å². The molecule has 0 aromatic carbocycles. The Bertz CT molecular complexity index is 866. The van der Waals surface area contributed by atoms with Gasteiger partial charge in [-0.25, -0.2) is 9.78 Å². The van der Waals surface area contributed by atoms with Crippen LogP contribution in [-0.2, 0) is 19.1 Å². The summed E-state index contributed by atoms with van der Waals surface area (Å²) in [5.41, 5.74) is 5.55. The number of fused-ring (bicyclic) bond motifs is 1. The van der Waals surface area contributed by atoms with Crippen molar-refractivity contribution in [3.63, 3.8) is 0 Å². The molecule has 0 spiro atoms. The summed E-state index contributed by atoms with van der Waals surface area (Å²) in [6.45, 7) is 0.0920. The first-order valence-electron chi connectivity index (χ1n) is 7.52. The predicted octanol–water partition coefficient (Wildman–Crippen LogP) is -0.711. The second-order valence-corrected chi connectivity index (χ2v) is 7.57. The van der Waals surface area contributed by atoms with Crippen LogP contribution in [0.1, 0.15) is 5.69 Å². The van der Waals surface area contributed by atoms with Gasteiger partial charge in [-0.15, -0.1) is 23.1 Å². The van der Waals surface area contributed by atoms with Crippen LogP contribution in [0.25, 0.3) is 0 Å². The number of ether oxygens (including phenoxy) is 1. The number of methoxy groups -OCH3 is 1. The Morgan fingerprint density at radius 1 is 1.56 bits per heavy atom. The fraction of sp³-hybridized carbons (Fsp3) is 0.357. The number of carbonyl (C=O) groups is 3. The van der Waals surface area contributed by atoms with E-state index in [0.717, 1.165) is 16.2 Å². The number of thiazole rings is 1. The van der Waals surface area contributed by atoms with Crippen molar-refractivity contribution in [3.05, 3.63) is 22.3 Å². The molecule has 2 aliphatic rings. The van der Waals surface area contributed by atoms with Crippen LogP contribution in [0, 0.1) is 0 Å². The molecule has 0 saturated carbocycles. The van der Waals surface area contributed by atoms with Gasteiger partial charge in [0, 0.05) is 18.2 Å². The van der Waals surface area contributed by atoms with Gasteiger partial charge in [-0.1, -0.05) is 5.16 Å². The molecule has 2 aliphatic heterocycles. The molecule has 0 bridgehead atoms. The Balaban J connectivity index is 1.77. The summed E-state index contributed by atoms with van der Waals surface area (Å²) in [7, 11) is 1.44. The highest BCUT2D eigenvalue weighted by Gasteiger charge is 2.54. The standard InChI is InChI=1S/C14H15N5O6S2/c1-25-2-5-3-26-12-8(11(21)19(12)9(5)13(22)23)17-10(20)7(18-24)6-4-27-14(15)16-6/h4,8,12,24H,2-3H2,1H3,(H2,15,16)(H,17,20)(H,22,23)/b18-7-/t8?,12-/m1/s1. The van der Waals surface area contributed by atoms with Crippen LogP contribution in [0.2, 0.25) is 0 Å². The zero-order chi connectivity index (χ0) is 19.7. The molecule has 13 heteroatoms. The number of nitrogens with one attached hydrogen (secondary N) is 1. The average molecular weight is 413 g/mol. The summed E-state index contributed by atoms with van der Waals surface area (Å²) in [6, 6.07) is -0.950. The van der Waals surface area contributed by atoms with Crippen LogP contribution in [0.15, 0.2) is 21.8 Å². The highest BCUT2D eigenvalue weighted by Crippen LogP contribution is 2.40. The summed E-state index contributed by atoms with van der Waals surface area (Å²) < 4.78 is 4.99. The average Bonchev–Trinajstić information content (AvgIpc) is 3.05. The first-order chi connectivity index (χ1) is 12.9. The number of nitrogen functional groups attached to an aromatic ring is 1. The first-order valence-corrected chi connectivity index (χ1v) is 9.45. The van der Waals surface area contributed by atoms with Crippen molar-refractivity contribution in [2.75, 3.05) is 25.2 Å². The van der Waals surface area contributed by atoms with Gasteiger partial charge in [-0.05, 0) is 5.57 Å². The molecule has 3 rings (SSSR count). The smallest absolute Gasteiger partial charge is 0.352 e. The minimum Gasteiger partial charge on any atom is -0.477 e. The lowest BCUT2D eigenvalue weighted by Crippen LogP contribution is -2.71. The Kier molecular flexibility index (Phi) is 5.34. The molecular formula is C14H15N5O6S2. The zero-order valence-electron chi connectivity index (χ0n) is 13.9. The SMILES string of the molecule is COCC1=C(C(=O)O)N2C(=O)C(NC(=O)/C(=N\O)c3csc(N)n3)[C@H]2SC1. The molecule has 27 heavy (non-hydrogen) atoms. The molecule has 1 unspecified atom stereocenters. The van der Waals surface area contributed by atoms with E-state index in [9.17, 15) is 19.5 Å². The minimum absolute atomic E-state index is 0.0749. The molecule has 1 saturated heterocycles. The van der Waals surface area contributed by atoms with Crippen LogP contribution in [-0.4, -0.2) is 74.6 Å². The molecule has 0 radical (unpaired) electrons. The van der Waals surface area contributed by atoms with Crippen molar-refractivity contribution in [2.24, 2.45) is 5.16 Å². The fourth-order valence-electron chi connectivity index (χ4n) is 2.79. The van der Waals surface area contributed by atoms with Crippen molar-refractivity contribution in [2.45, 2.75) is 11.4 Å². The molecular weight excluding hydrogens is 398 g/mol. The number of oxime groups is 1. The maximum Gasteiger partial charge on any atom is 0.352 e. The molecule has 1 fully saturated rings. The summed E-state index contributed by atoms with van der Waals surface area (Å²) in [5, 5.41) is 25.0. The highest BCUT2D eigenvalue weighted by atomic mass is 32.2. The fourth-order valence-corrected chi connectivity index (χ4v) is 4.66. The first kappa shape index (κ1) is 19.1. The second-order valence-electron chi connectivity index (χ2n) is 5.57. The largest absolute Gasteiger partial charge is 0.477 e. The number of thioether (sulfide) groups is 1. The number of aliphatic carboxylic acids is 1. The van der Waals surface area contributed by atoms with E-state index in [1.807, 2.05) is 0 Å². The lowest BCUT2D eigenvalue weighted by Gasteiger charge is -2.49. The molecule has 1 aromatic heterocycles. The zero-order valence-corrected chi connectivity index (χ0v) is 15.5. The van der Waals surface area contributed by atoms with Crippen LogP contribution in [0.5, 0.6) is 0 Å². The van der Waals surface area contributed by atoms with Gasteiger partial charge in [0.25, 0.3) is 11.8 Å². The summed E-state index contributed by atoms with van der Waals surface area (Å²) >= 11 is 2.37. The van der Waals surface area contributed by atoms with Gasteiger partial charge in [0.05, 0.1) is 6.61 Å². The molecule has 5 N–H and O–H groups in total. The molecule has 11 nitrogen and oxygen atoms in total. The number of carbonyl (C=O) groups excluding carboxylic acids is 2. The Morgan fingerprint density at radius 2 is 2.30 bits per heavy atom. The van der Waals surface area contributed by atoms with E-state index in [4.69, 9.17) is 15.7 Å². The normalized spacial score (nSPS) is 22.3. The van der Waals surface area contributed by atoms with Gasteiger partial charge in [-0.3, -0.25) is 14.5 Å². The number of amides is 2. The molecule has 0 aliphatic carbocycles. The minimum atomic E-state index is -1.24. The van der Waals surface area contributed by atoms with E-state index in [0.29, 0.717) is 11.3 Å². The van der Waals surface area contributed by atoms with Crippen molar-refractivity contribution in [1.29, 1.82) is 0 Å². The van der Waals surface area contributed by atoms with Crippen molar-refractivity contribution < 1.29 is 29.4 Å². The number of anilines is 1. The van der Waals surface area contributed by atoms with Crippen molar-refractivity contribution in [3.8, 4) is 0 Å². The Morgan fingerprint density at radius 3 is 2.85 bits per heavy atom. The number of aromatic nitrogens is 1. The van der Waals surface area contributed by atoms with E-state index >= 15 is 0 Å². The van der Waals surface area contributed by atoms with Crippen LogP contribution in [0.4, 0.5) is 5.13 Å². The predicted molar refractivity (Wildman–Crippen MR) is 96.4 cm³/mol. The number of hydrogen-bond acceptors (Lipinski definition) is 10. The van der Waals surface area contributed by atoms with E-state index in [1.165, 1.54) is 24.3 Å². The number of hydrogen-bond donors (Lipinski definition) is 4. The van der Waals surface area contributed by atoms with Gasteiger partial charge >= 0.3 is 5.97 Å². The Labute approximate surface area is 160 Å². The Hall–Kier alpha value is -2.64. The van der Waals surface area contributed by atoms with Gasteiger partial charge in [0.2, 0.25) is 0 Å². The lowest BCUT2D eigenvalue weighted by molar-refractivity contribution is -0.150. The number of β-lactam (4-membered cyclic amide) rings is 1. The lowest BCUT2D eigenvalue weighted by atomic mass is 10.0. The number of nitrogens with zero attached hydrogens (tertiary/aromatic N) is 3. The number of rotatable bonds is 6. The third kappa shape index (κ3) is 3.36. The van der Waals surface area contributed by atoms with Gasteiger partial charge in [0.1, 0.15) is 22.8 Å². The van der Waals surface area contributed by atoms with E-state index in [1.54, 1.807) is 0 Å². The van der Waals surface area contributed by atoms with Crippen LogP contribution < -0.4 is 11.1 Å². The van der Waals surface area contributed by atoms with Gasteiger partial charge < -0.3 is 26.1 Å². The van der Waals surface area contributed by atoms with Crippen LogP contribution >= 0.6 is 23.1 Å². The van der Waals surface area contributed by atoms with Gasteiger partial charge in [0.15, 0.2) is 10.8 Å². The molecule has 2 atom stereocenters. The second kappa shape index (κ2) is 7.54. The van der Waals surface area contributed by atoms with Crippen LogP contribution in [0.3, 0.4) is 0 Å². The summed E-state index contributed by atoms with van der Waals surface area (Å²) in [5.74, 6) is -2.27. The summed E-state index contributed by atoms with van der Waals surface area (Å²) in [4.78, 5) is 41.4. The maximum atomic E-state index is 12.5. The third-order valence-electron chi connectivity index (χ3n) is 3.93. The van der Waals surface area contributed by atoms with Crippen molar-refractivity contribution in [1.82, 2.24) is 15.2 Å². The van der Waals surface area contributed by atoms with E-state index in [2.05, 4.69) is 15.5 Å². The topological polar surface area (TPSA) is 167 Å². The monoisotopic (exact) mass is 413 g/mol. The quantitative estimate of drug-likeness (QED) is 0.204. The number of carboxylic acids is 1. The van der Waals surface area contributed by atoms with E-state index in [-0.39, 0.29) is 28.8 Å². The van der Waals surface area contributed by atoms with Gasteiger partial charge in [-0.2, -0.15) is 0 Å². The third-order valence-corrected chi connectivity index (χ3v) is 5.95. The number of carboxylic acid groups (broad SMARTS) is 1. The number of nitrogens with two attached hydrogens (primary N) is 1. The molecule has 2 amide bonds. The highest BCUT2D eigenvalue weighted by molar-refractivity contribution is 8.00.